The molecule has 0 aliphatic rings. The first-order chi connectivity index (χ1) is 1.00. The van der Waals surface area contributed by atoms with Crippen molar-refractivity contribution < 1.29 is 19.1 Å². The zero-order valence-corrected chi connectivity index (χ0v) is 3.87. The Morgan fingerprint density at radius 2 is 1.00 bits per heavy atom. The monoisotopic (exact) mass is 142 g/mol. The van der Waals surface area contributed by atoms with E-state index in [1.807, 2.05) is 0 Å². The Labute approximate surface area is 36.5 Å². The molecule has 0 heterocycles. The van der Waals surface area contributed by atoms with E-state index in [0.29, 0.717) is 0 Å². The van der Waals surface area contributed by atoms with Crippen LogP contribution in [0, 0.1) is 6.15 Å². The Kier molecular flexibility index (Phi) is 17100. The van der Waals surface area contributed by atoms with E-state index in [0.717, 1.165) is 0 Å². The summed E-state index contributed by atoms with van der Waals surface area (Å²) in [7, 11) is 0. The van der Waals surface area contributed by atoms with Crippen molar-refractivity contribution in [1.29, 1.82) is 0 Å². The second kappa shape index (κ2) is 1320. The zero-order valence-electron chi connectivity index (χ0n) is 2.28. The van der Waals surface area contributed by atoms with Crippen LogP contribution >= 0.6 is 16.4 Å². The summed E-state index contributed by atoms with van der Waals surface area (Å²) in [6.07, 6.45) is 0. The van der Waals surface area contributed by atoms with Gasteiger partial charge in [0, 0.05) is 6.15 Å². The topological polar surface area (TPSA) is 0 Å². The van der Waals surface area contributed by atoms with E-state index >= 15 is 0 Å². The van der Waals surface area contributed by atoms with Gasteiger partial charge in [-0.15, -0.1) is 0 Å². The van der Waals surface area contributed by atoms with Crippen LogP contribution < -0.4 is 0 Å². The maximum atomic E-state index is 9.31. The van der Waals surface area contributed by atoms with Crippen molar-refractivity contribution >= 4 is 16.4 Å². The van der Waals surface area contributed by atoms with E-state index in [9.17, 15) is 3.56 Å². The van der Waals surface area contributed by atoms with Gasteiger partial charge in [0.15, 0.2) is 16.4 Å². The van der Waals surface area contributed by atoms with Crippen molar-refractivity contribution in [3.8, 4) is 0 Å². The van der Waals surface area contributed by atoms with Gasteiger partial charge in [0.05, 0.1) is 0 Å². The molecule has 0 bridgehead atoms. The molecular weight excluding hydrogens is 141 g/mol. The van der Waals surface area contributed by atoms with Crippen LogP contribution in [0.25, 0.3) is 0 Å². The van der Waals surface area contributed by atoms with Crippen LogP contribution in [0.1, 0.15) is 0 Å². The van der Waals surface area contributed by atoms with Crippen LogP contribution in [0.4, 0.5) is 13.0 Å². The molecule has 0 N–H and O–H groups in total. The van der Waals surface area contributed by atoms with Crippen LogP contribution in [0.2, 0.25) is 0 Å². The first-order valence-electron chi connectivity index (χ1n) is 0.143. The molecule has 0 aromatic heterocycles. The Bertz CT molecular complexity index is 6.85. The first-order valence-corrected chi connectivity index (χ1v) is 0.742. The van der Waals surface area contributed by atoms with Crippen LogP contribution in [-0.2, 0) is 0 Å². The predicted octanol–water partition coefficient (Wildman–Crippen LogP) is 1.57. The summed E-state index contributed by atoms with van der Waals surface area (Å²) < 4.78 is 9.31. The molecule has 0 unspecified atom stereocenters. The van der Waals surface area contributed by atoms with E-state index in [4.69, 9.17) is 0 Å². The van der Waals surface area contributed by atoms with Gasteiger partial charge in [0.2, 0.25) is 0 Å². The van der Waals surface area contributed by atoms with E-state index in [2.05, 4.69) is 0 Å². The van der Waals surface area contributed by atoms with Crippen LogP contribution in [0.3, 0.4) is 0 Å². The fraction of sp³-hybridized carbons (Fsp3) is 0. The molecule has 0 aromatic rings. The van der Waals surface area contributed by atoms with Gasteiger partial charge in [-0.2, -0.15) is 3.56 Å². The first kappa shape index (κ1) is 65.1. The SMILES string of the molecule is F.F.FBr.[He]. The summed E-state index contributed by atoms with van der Waals surface area (Å²) >= 11 is 1.44. The van der Waals surface area contributed by atoms with Gasteiger partial charge in [0.25, 0.3) is 0 Å². The summed E-state index contributed by atoms with van der Waals surface area (Å²) in [6.45, 7) is 0. The molecule has 5 heteroatoms. The molecule has 0 rings (SSSR count). The van der Waals surface area contributed by atoms with Crippen LogP contribution in [0.15, 0.2) is 0 Å². The van der Waals surface area contributed by atoms with Crippen molar-refractivity contribution in [3.05, 3.63) is 0 Å². The zero-order chi connectivity index (χ0) is 2.00. The fourth-order valence-electron chi connectivity index (χ4n) is 0. The van der Waals surface area contributed by atoms with Crippen LogP contribution in [-0.4, -0.2) is 0 Å². The molecule has 0 nitrogen and oxygen atoms in total. The summed E-state index contributed by atoms with van der Waals surface area (Å²) in [4.78, 5) is 0. The minimum atomic E-state index is 0. The van der Waals surface area contributed by atoms with Crippen molar-refractivity contribution in [3.63, 3.8) is 0 Å². The van der Waals surface area contributed by atoms with Gasteiger partial charge >= 0.3 is 0 Å². The Balaban J connectivity index is -0.00000000167. The summed E-state index contributed by atoms with van der Waals surface area (Å²) in [5, 5.41) is 0. The van der Waals surface area contributed by atoms with E-state index < -0.39 is 0 Å². The van der Waals surface area contributed by atoms with Gasteiger partial charge in [0.1, 0.15) is 0 Å². The fourth-order valence-corrected chi connectivity index (χ4v) is 0. The summed E-state index contributed by atoms with van der Waals surface area (Å²) in [5.74, 6) is 0. The van der Waals surface area contributed by atoms with E-state index in [1.165, 1.54) is 16.4 Å². The molecule has 0 aromatic carbocycles. The average molecular weight is 143 g/mol. The smallest absolute Gasteiger partial charge is 0.158 e. The molecule has 0 fully saturated rings. The minimum absolute atomic E-state index is 0. The predicted molar refractivity (Wildman–Crippen MR) is 15.0 cm³/mol. The third-order valence-electron chi connectivity index (χ3n) is 0. The van der Waals surface area contributed by atoms with Crippen molar-refractivity contribution in [2.45, 2.75) is 0 Å². The third-order valence-corrected chi connectivity index (χ3v) is 0. The van der Waals surface area contributed by atoms with E-state index in [1.54, 1.807) is 0 Å². The van der Waals surface area contributed by atoms with Gasteiger partial charge in [-0.05, 0) is 0 Å². The molecule has 0 saturated carbocycles. The molecule has 0 aliphatic heterocycles. The molecule has 0 atom stereocenters. The Hall–Kier alpha value is 0.179. The van der Waals surface area contributed by atoms with Gasteiger partial charge < -0.3 is 0 Å². The number of hydrogen-bond acceptors (Lipinski definition) is 0. The number of rotatable bonds is 0. The minimum Gasteiger partial charge on any atom is -0.269 e. The second-order valence-corrected chi connectivity index (χ2v) is 0. The number of hydrogen-bond donors (Lipinski definition) is 0. The molecule has 0 amide bonds. The van der Waals surface area contributed by atoms with Crippen molar-refractivity contribution in [2.75, 3.05) is 0 Å². The molecular formula is H2BrF3He. The molecule has 0 saturated heterocycles. The summed E-state index contributed by atoms with van der Waals surface area (Å²) in [6, 6.07) is 0. The van der Waals surface area contributed by atoms with Crippen molar-refractivity contribution in [1.82, 2.24) is 0 Å². The van der Waals surface area contributed by atoms with Gasteiger partial charge in [-0.1, -0.05) is 0 Å². The quantitative estimate of drug-likeness (QED) is 0.482. The van der Waals surface area contributed by atoms with E-state index in [-0.39, 0.29) is 15.6 Å². The Morgan fingerprint density at radius 3 is 1.00 bits per heavy atom. The second-order valence-electron chi connectivity index (χ2n) is 0. The standard InChI is InChI=1S/BrF.2FH.He/c1-2;;;/h;2*1H;. The largest absolute Gasteiger partial charge is 0.269 e. The molecule has 32 valence electrons. The summed E-state index contributed by atoms with van der Waals surface area (Å²) in [5.41, 5.74) is 0. The van der Waals surface area contributed by atoms with Crippen LogP contribution in [0.5, 0.6) is 0 Å². The number of halogens is 4. The third kappa shape index (κ3) is 619. The Morgan fingerprint density at radius 1 is 1.00 bits per heavy atom. The molecule has 0 aliphatic carbocycles. The van der Waals surface area contributed by atoms with Gasteiger partial charge in [-0.25, -0.2) is 0 Å². The average Bonchev–Trinajstić information content (AvgIpc) is 1.00. The maximum absolute atomic E-state index is 9.31. The molecule has 0 spiro atoms. The molecule has 5 heavy (non-hydrogen) atoms. The normalized spacial score (nSPS) is 1.20. The van der Waals surface area contributed by atoms with Crippen molar-refractivity contribution in [2.24, 2.45) is 0 Å². The van der Waals surface area contributed by atoms with Gasteiger partial charge in [-0.3, -0.25) is 9.41 Å². The maximum Gasteiger partial charge on any atom is 0.158 e. The molecule has 0 radical (unpaired) electrons.